The summed E-state index contributed by atoms with van der Waals surface area (Å²) >= 11 is 0. The molecule has 1 atom stereocenters. The van der Waals surface area contributed by atoms with Gasteiger partial charge in [0.05, 0.1) is 12.5 Å². The van der Waals surface area contributed by atoms with Gasteiger partial charge < -0.3 is 19.3 Å². The smallest absolute Gasteiger partial charge is 0.312 e. The van der Waals surface area contributed by atoms with Crippen LogP contribution in [0.15, 0.2) is 12.4 Å². The summed E-state index contributed by atoms with van der Waals surface area (Å²) in [5.41, 5.74) is -0.246. The van der Waals surface area contributed by atoms with E-state index in [9.17, 15) is 9.59 Å². The third kappa shape index (κ3) is 3.44. The summed E-state index contributed by atoms with van der Waals surface area (Å²) in [6.07, 6.45) is 4.85. The number of likely N-dealkylation sites (N-methyl/N-ethyl adjacent to an activating group) is 1. The second-order valence-corrected chi connectivity index (χ2v) is 6.98. The zero-order valence-electron chi connectivity index (χ0n) is 14.9. The van der Waals surface area contributed by atoms with Gasteiger partial charge in [-0.05, 0) is 26.9 Å². The number of esters is 1. The third-order valence-electron chi connectivity index (χ3n) is 4.96. The molecule has 8 heteroatoms. The number of piperidine rings is 1. The minimum absolute atomic E-state index is 0.0650. The lowest BCUT2D eigenvalue weighted by Crippen LogP contribution is -2.45. The van der Waals surface area contributed by atoms with Crippen LogP contribution in [-0.2, 0) is 9.53 Å². The Labute approximate surface area is 147 Å². The molecule has 2 aliphatic rings. The first-order chi connectivity index (χ1) is 11.9. The topological polar surface area (TPSA) is 84.9 Å². The van der Waals surface area contributed by atoms with Gasteiger partial charge in [-0.2, -0.15) is 0 Å². The molecule has 0 saturated carbocycles. The van der Waals surface area contributed by atoms with Crippen molar-refractivity contribution in [3.05, 3.63) is 18.1 Å². The number of aromatic nitrogens is 2. The van der Waals surface area contributed by atoms with Gasteiger partial charge in [0, 0.05) is 38.4 Å². The molecule has 2 saturated heterocycles. The molecule has 1 spiro atoms. The van der Waals surface area contributed by atoms with Crippen LogP contribution in [-0.4, -0.2) is 78.6 Å². The first-order valence-corrected chi connectivity index (χ1v) is 8.45. The van der Waals surface area contributed by atoms with Crippen molar-refractivity contribution in [2.45, 2.75) is 25.4 Å². The molecule has 1 aromatic rings. The zero-order valence-corrected chi connectivity index (χ0v) is 14.9. The second kappa shape index (κ2) is 6.95. The number of likely N-dealkylation sites (tertiary alicyclic amines) is 1. The number of rotatable bonds is 4. The van der Waals surface area contributed by atoms with E-state index in [1.54, 1.807) is 4.90 Å². The van der Waals surface area contributed by atoms with Gasteiger partial charge in [0.25, 0.3) is 5.91 Å². The van der Waals surface area contributed by atoms with Gasteiger partial charge >= 0.3 is 5.97 Å². The van der Waals surface area contributed by atoms with Crippen LogP contribution in [0.4, 0.5) is 0 Å². The first-order valence-electron chi connectivity index (χ1n) is 8.45. The molecule has 25 heavy (non-hydrogen) atoms. The molecule has 0 N–H and O–H groups in total. The molecule has 3 rings (SSSR count). The highest BCUT2D eigenvalue weighted by molar-refractivity contribution is 5.94. The van der Waals surface area contributed by atoms with Crippen LogP contribution >= 0.6 is 0 Å². The molecule has 0 aromatic carbocycles. The maximum absolute atomic E-state index is 12.7. The van der Waals surface area contributed by atoms with Crippen LogP contribution in [0.25, 0.3) is 0 Å². The highest BCUT2D eigenvalue weighted by Crippen LogP contribution is 2.43. The van der Waals surface area contributed by atoms with Crippen molar-refractivity contribution in [2.75, 3.05) is 40.8 Å². The van der Waals surface area contributed by atoms with Crippen LogP contribution < -0.4 is 4.74 Å². The Morgan fingerprint density at radius 2 is 2.04 bits per heavy atom. The molecule has 0 aliphatic carbocycles. The summed E-state index contributed by atoms with van der Waals surface area (Å²) in [5.74, 6) is -0.112. The van der Waals surface area contributed by atoms with Gasteiger partial charge in [-0.15, -0.1) is 0 Å². The predicted octanol–water partition coefficient (Wildman–Crippen LogP) is 0.585. The minimum Gasteiger partial charge on any atom is -0.479 e. The van der Waals surface area contributed by atoms with Crippen LogP contribution in [0.3, 0.4) is 0 Å². The largest absolute Gasteiger partial charge is 0.479 e. The summed E-state index contributed by atoms with van der Waals surface area (Å²) in [6.45, 7) is 1.73. The number of carbonyl (C=O) groups is 2. The van der Waals surface area contributed by atoms with E-state index in [0.717, 1.165) is 13.0 Å². The number of methoxy groups -OCH3 is 1. The number of nitrogens with zero attached hydrogens (tertiary/aromatic N) is 4. The molecule has 2 fully saturated rings. The summed E-state index contributed by atoms with van der Waals surface area (Å²) in [5, 5.41) is 0. The van der Waals surface area contributed by atoms with Gasteiger partial charge in [0.1, 0.15) is 6.10 Å². The second-order valence-electron chi connectivity index (χ2n) is 6.98. The van der Waals surface area contributed by atoms with E-state index >= 15 is 0 Å². The van der Waals surface area contributed by atoms with E-state index < -0.39 is 5.41 Å². The fourth-order valence-corrected chi connectivity index (χ4v) is 3.66. The third-order valence-corrected chi connectivity index (χ3v) is 4.96. The summed E-state index contributed by atoms with van der Waals surface area (Å²) in [4.78, 5) is 37.0. The van der Waals surface area contributed by atoms with Crippen LogP contribution in [0.1, 0.15) is 29.8 Å². The van der Waals surface area contributed by atoms with Crippen LogP contribution in [0, 0.1) is 5.41 Å². The average molecular weight is 348 g/mol. The Morgan fingerprint density at radius 3 is 2.68 bits per heavy atom. The number of hydrogen-bond acceptors (Lipinski definition) is 7. The maximum Gasteiger partial charge on any atom is 0.312 e. The number of ether oxygens (including phenoxy) is 2. The van der Waals surface area contributed by atoms with E-state index in [4.69, 9.17) is 9.47 Å². The van der Waals surface area contributed by atoms with Gasteiger partial charge in [-0.3, -0.25) is 9.59 Å². The number of amides is 1. The molecular weight excluding hydrogens is 324 g/mol. The van der Waals surface area contributed by atoms with Gasteiger partial charge in [-0.1, -0.05) is 0 Å². The van der Waals surface area contributed by atoms with Crippen LogP contribution in [0.5, 0.6) is 5.88 Å². The summed E-state index contributed by atoms with van der Waals surface area (Å²) < 4.78 is 10.7. The Hall–Kier alpha value is -2.22. The lowest BCUT2D eigenvalue weighted by molar-refractivity contribution is -0.150. The van der Waals surface area contributed by atoms with Crippen molar-refractivity contribution in [2.24, 2.45) is 5.41 Å². The number of carbonyl (C=O) groups excluding carboxylic acids is 2. The number of cyclic esters (lactones) is 1. The van der Waals surface area contributed by atoms with E-state index in [2.05, 4.69) is 9.97 Å². The van der Waals surface area contributed by atoms with E-state index in [1.165, 1.54) is 19.5 Å². The fraction of sp³-hybridized carbons (Fsp3) is 0.647. The van der Waals surface area contributed by atoms with Crippen molar-refractivity contribution in [1.82, 2.24) is 19.8 Å². The average Bonchev–Trinajstić information content (AvgIpc) is 2.89. The molecular formula is C17H24N4O4. The van der Waals surface area contributed by atoms with E-state index in [0.29, 0.717) is 25.9 Å². The molecule has 1 unspecified atom stereocenters. The standard InChI is InChI=1S/C17H24N4O4/c1-20(2)11-12-10-17(16(23)25-12)4-8-21(9-5-17)15(22)13-14(24-3)19-7-6-18-13/h6-7,12H,4-5,8-11H2,1-3H3. The zero-order chi connectivity index (χ0) is 18.0. The molecule has 2 aliphatic heterocycles. The number of hydrogen-bond donors (Lipinski definition) is 0. The Kier molecular flexibility index (Phi) is 4.89. The first kappa shape index (κ1) is 17.6. The van der Waals surface area contributed by atoms with Crippen LogP contribution in [0.2, 0.25) is 0 Å². The highest BCUT2D eigenvalue weighted by atomic mass is 16.6. The molecule has 3 heterocycles. The summed E-state index contributed by atoms with van der Waals surface area (Å²) in [7, 11) is 5.40. The Morgan fingerprint density at radius 1 is 1.36 bits per heavy atom. The minimum atomic E-state index is -0.454. The van der Waals surface area contributed by atoms with Gasteiger partial charge in [0.15, 0.2) is 5.69 Å². The molecule has 136 valence electrons. The SMILES string of the molecule is COc1nccnc1C(=O)N1CCC2(CC1)CC(CN(C)C)OC2=O. The van der Waals surface area contributed by atoms with E-state index in [1.807, 2.05) is 19.0 Å². The monoisotopic (exact) mass is 348 g/mol. The van der Waals surface area contributed by atoms with E-state index in [-0.39, 0.29) is 29.6 Å². The van der Waals surface area contributed by atoms with Crippen molar-refractivity contribution >= 4 is 11.9 Å². The quantitative estimate of drug-likeness (QED) is 0.736. The summed E-state index contributed by atoms with van der Waals surface area (Å²) in [6, 6.07) is 0. The molecule has 1 aromatic heterocycles. The Balaban J connectivity index is 1.66. The lowest BCUT2D eigenvalue weighted by Gasteiger charge is -2.36. The Bertz CT molecular complexity index is 656. The van der Waals surface area contributed by atoms with Gasteiger partial charge in [-0.25, -0.2) is 9.97 Å². The van der Waals surface area contributed by atoms with Crippen molar-refractivity contribution < 1.29 is 19.1 Å². The molecule has 0 radical (unpaired) electrons. The molecule has 0 bridgehead atoms. The van der Waals surface area contributed by atoms with Crippen molar-refractivity contribution in [3.8, 4) is 5.88 Å². The predicted molar refractivity (Wildman–Crippen MR) is 89.2 cm³/mol. The van der Waals surface area contributed by atoms with Crippen molar-refractivity contribution in [3.63, 3.8) is 0 Å². The lowest BCUT2D eigenvalue weighted by atomic mass is 9.76. The van der Waals surface area contributed by atoms with Crippen molar-refractivity contribution in [1.29, 1.82) is 0 Å². The highest BCUT2D eigenvalue weighted by Gasteiger charge is 2.51. The maximum atomic E-state index is 12.7. The molecule has 8 nitrogen and oxygen atoms in total. The normalized spacial score (nSPS) is 22.3. The fourth-order valence-electron chi connectivity index (χ4n) is 3.66. The molecule has 1 amide bonds. The van der Waals surface area contributed by atoms with Gasteiger partial charge in [0.2, 0.25) is 5.88 Å².